The molecule has 0 aliphatic carbocycles. The van der Waals surface area contributed by atoms with Crippen LogP contribution in [0.25, 0.3) is 10.9 Å². The summed E-state index contributed by atoms with van der Waals surface area (Å²) in [5.41, 5.74) is 0.539. The molecule has 1 aliphatic rings. The first kappa shape index (κ1) is 15.6. The second-order valence-electron chi connectivity index (χ2n) is 5.91. The minimum Gasteiger partial charge on any atom is -0.497 e. The lowest BCUT2D eigenvalue weighted by atomic mass is 10.1. The zero-order valence-corrected chi connectivity index (χ0v) is 13.5. The van der Waals surface area contributed by atoms with E-state index in [1.54, 1.807) is 30.2 Å². The van der Waals surface area contributed by atoms with E-state index in [1.807, 2.05) is 13.8 Å². The summed E-state index contributed by atoms with van der Waals surface area (Å²) in [4.78, 5) is 30.0. The zero-order valence-electron chi connectivity index (χ0n) is 13.5. The van der Waals surface area contributed by atoms with Gasteiger partial charge in [-0.25, -0.2) is 0 Å². The minimum absolute atomic E-state index is 0.0356. The highest BCUT2D eigenvalue weighted by Gasteiger charge is 2.28. The Morgan fingerprint density at radius 2 is 2.00 bits per heavy atom. The average molecular weight is 316 g/mol. The third-order valence-electron chi connectivity index (χ3n) is 4.03. The molecule has 1 aromatic heterocycles. The lowest BCUT2D eigenvalue weighted by molar-refractivity contribution is -0.0586. The molecule has 1 aromatic carbocycles. The fraction of sp³-hybridized carbons (Fsp3) is 0.412. The first-order chi connectivity index (χ1) is 11.0. The Hall–Kier alpha value is -2.34. The van der Waals surface area contributed by atoms with Crippen LogP contribution in [0, 0.1) is 0 Å². The van der Waals surface area contributed by atoms with E-state index < -0.39 is 0 Å². The van der Waals surface area contributed by atoms with Crippen LogP contribution in [0.1, 0.15) is 24.2 Å². The van der Waals surface area contributed by atoms with Crippen molar-refractivity contribution in [2.75, 3.05) is 20.2 Å². The molecule has 0 bridgehead atoms. The summed E-state index contributed by atoms with van der Waals surface area (Å²) in [6, 6.07) is 5.13. The van der Waals surface area contributed by atoms with Gasteiger partial charge in [0.05, 0.1) is 24.8 Å². The standard InChI is InChI=1S/C17H20N2O4/c1-10-8-19(9-11(2)23-10)17(21)14-7-18-15-6-12(22-3)4-5-13(15)16(14)20/h4-7,10-11H,8-9H2,1-3H3,(H,18,20). The monoisotopic (exact) mass is 316 g/mol. The molecule has 2 unspecified atom stereocenters. The summed E-state index contributed by atoms with van der Waals surface area (Å²) in [7, 11) is 1.57. The number of amides is 1. The summed E-state index contributed by atoms with van der Waals surface area (Å²) < 4.78 is 10.8. The quantitative estimate of drug-likeness (QED) is 0.917. The molecule has 2 aromatic rings. The maximum Gasteiger partial charge on any atom is 0.259 e. The van der Waals surface area contributed by atoms with Gasteiger partial charge in [-0.1, -0.05) is 0 Å². The molecule has 0 saturated carbocycles. The predicted molar refractivity (Wildman–Crippen MR) is 87.0 cm³/mol. The van der Waals surface area contributed by atoms with Crippen molar-refractivity contribution in [3.8, 4) is 5.75 Å². The largest absolute Gasteiger partial charge is 0.497 e. The number of hydrogen-bond acceptors (Lipinski definition) is 4. The molecule has 2 atom stereocenters. The van der Waals surface area contributed by atoms with E-state index in [9.17, 15) is 9.59 Å². The number of benzene rings is 1. The van der Waals surface area contributed by atoms with Gasteiger partial charge in [0.25, 0.3) is 5.91 Å². The van der Waals surface area contributed by atoms with E-state index in [4.69, 9.17) is 9.47 Å². The smallest absolute Gasteiger partial charge is 0.259 e. The molecule has 1 saturated heterocycles. The van der Waals surface area contributed by atoms with Crippen LogP contribution in [0.15, 0.2) is 29.2 Å². The topological polar surface area (TPSA) is 71.6 Å². The van der Waals surface area contributed by atoms with E-state index in [2.05, 4.69) is 4.98 Å². The highest BCUT2D eigenvalue weighted by Crippen LogP contribution is 2.18. The fourth-order valence-electron chi connectivity index (χ4n) is 3.00. The molecule has 23 heavy (non-hydrogen) atoms. The van der Waals surface area contributed by atoms with Crippen molar-refractivity contribution in [1.29, 1.82) is 0 Å². The summed E-state index contributed by atoms with van der Waals surface area (Å²) in [6.07, 6.45) is 1.41. The SMILES string of the molecule is COc1ccc2c(=O)c(C(=O)N3CC(C)OC(C)C3)c[nH]c2c1. The van der Waals surface area contributed by atoms with E-state index in [1.165, 1.54) is 6.20 Å². The van der Waals surface area contributed by atoms with Crippen LogP contribution in [0.5, 0.6) is 5.75 Å². The number of morpholine rings is 1. The number of rotatable bonds is 2. The highest BCUT2D eigenvalue weighted by molar-refractivity contribution is 5.97. The average Bonchev–Trinajstić information content (AvgIpc) is 2.53. The Bertz CT molecular complexity index is 789. The van der Waals surface area contributed by atoms with Gasteiger partial charge in [0, 0.05) is 30.7 Å². The summed E-state index contributed by atoms with van der Waals surface area (Å²) in [5.74, 6) is 0.397. The first-order valence-electron chi connectivity index (χ1n) is 7.63. The van der Waals surface area contributed by atoms with Crippen LogP contribution in [0.2, 0.25) is 0 Å². The molecule has 1 aliphatic heterocycles. The molecule has 1 amide bonds. The van der Waals surface area contributed by atoms with Gasteiger partial charge in [0.1, 0.15) is 11.3 Å². The number of H-pyrrole nitrogens is 1. The van der Waals surface area contributed by atoms with E-state index >= 15 is 0 Å². The van der Waals surface area contributed by atoms with Gasteiger partial charge in [0.15, 0.2) is 0 Å². The van der Waals surface area contributed by atoms with Crippen LogP contribution < -0.4 is 10.2 Å². The van der Waals surface area contributed by atoms with Gasteiger partial charge < -0.3 is 19.4 Å². The van der Waals surface area contributed by atoms with Gasteiger partial charge >= 0.3 is 0 Å². The predicted octanol–water partition coefficient (Wildman–Crippen LogP) is 1.79. The molecule has 6 nitrogen and oxygen atoms in total. The third-order valence-corrected chi connectivity index (χ3v) is 4.03. The van der Waals surface area contributed by atoms with Crippen molar-refractivity contribution in [3.63, 3.8) is 0 Å². The second-order valence-corrected chi connectivity index (χ2v) is 5.91. The molecular formula is C17H20N2O4. The third kappa shape index (κ3) is 2.94. The van der Waals surface area contributed by atoms with Crippen molar-refractivity contribution in [2.24, 2.45) is 0 Å². The van der Waals surface area contributed by atoms with E-state index in [0.717, 1.165) is 0 Å². The number of carbonyl (C=O) groups is 1. The lowest BCUT2D eigenvalue weighted by Gasteiger charge is -2.35. The summed E-state index contributed by atoms with van der Waals surface area (Å²) >= 11 is 0. The minimum atomic E-state index is -0.266. The zero-order chi connectivity index (χ0) is 16.6. The fourth-order valence-corrected chi connectivity index (χ4v) is 3.00. The van der Waals surface area contributed by atoms with Crippen molar-refractivity contribution in [2.45, 2.75) is 26.1 Å². The first-order valence-corrected chi connectivity index (χ1v) is 7.63. The van der Waals surface area contributed by atoms with Crippen LogP contribution in [-0.4, -0.2) is 48.2 Å². The Morgan fingerprint density at radius 3 is 2.65 bits per heavy atom. The molecule has 1 N–H and O–H groups in total. The molecule has 3 rings (SSSR count). The maximum absolute atomic E-state index is 12.7. The number of nitrogens with one attached hydrogen (secondary N) is 1. The molecule has 6 heteroatoms. The Kier molecular flexibility index (Phi) is 4.09. The van der Waals surface area contributed by atoms with Crippen LogP contribution >= 0.6 is 0 Å². The van der Waals surface area contributed by atoms with Crippen molar-refractivity contribution >= 4 is 16.8 Å². The van der Waals surface area contributed by atoms with Crippen LogP contribution in [0.3, 0.4) is 0 Å². The number of fused-ring (bicyclic) bond motifs is 1. The summed E-state index contributed by atoms with van der Waals surface area (Å²) in [6.45, 7) is 4.83. The number of hydrogen-bond donors (Lipinski definition) is 1. The molecule has 0 radical (unpaired) electrons. The van der Waals surface area contributed by atoms with Gasteiger partial charge in [-0.05, 0) is 26.0 Å². The number of nitrogens with zero attached hydrogens (tertiary/aromatic N) is 1. The Morgan fingerprint density at radius 1 is 1.30 bits per heavy atom. The number of pyridine rings is 1. The maximum atomic E-state index is 12.7. The van der Waals surface area contributed by atoms with Crippen LogP contribution in [0.4, 0.5) is 0 Å². The number of aromatic amines is 1. The van der Waals surface area contributed by atoms with Gasteiger partial charge in [-0.3, -0.25) is 9.59 Å². The van der Waals surface area contributed by atoms with Crippen molar-refractivity contribution in [1.82, 2.24) is 9.88 Å². The summed E-state index contributed by atoms with van der Waals surface area (Å²) in [5, 5.41) is 0.478. The Balaban J connectivity index is 1.98. The number of carbonyl (C=O) groups excluding carboxylic acids is 1. The van der Waals surface area contributed by atoms with Gasteiger partial charge in [-0.15, -0.1) is 0 Å². The van der Waals surface area contributed by atoms with E-state index in [-0.39, 0.29) is 29.1 Å². The molecular weight excluding hydrogens is 296 g/mol. The number of aromatic nitrogens is 1. The van der Waals surface area contributed by atoms with Gasteiger partial charge in [0.2, 0.25) is 5.43 Å². The highest BCUT2D eigenvalue weighted by atomic mass is 16.5. The lowest BCUT2D eigenvalue weighted by Crippen LogP contribution is -2.49. The van der Waals surface area contributed by atoms with Crippen molar-refractivity contribution < 1.29 is 14.3 Å². The molecule has 1 fully saturated rings. The number of methoxy groups -OCH3 is 1. The Labute approximate surface area is 134 Å². The normalized spacial score (nSPS) is 21.4. The molecule has 2 heterocycles. The van der Waals surface area contributed by atoms with Crippen molar-refractivity contribution in [3.05, 3.63) is 40.2 Å². The second kappa shape index (κ2) is 6.04. The molecule has 122 valence electrons. The van der Waals surface area contributed by atoms with E-state index in [0.29, 0.717) is 29.7 Å². The van der Waals surface area contributed by atoms with Gasteiger partial charge in [-0.2, -0.15) is 0 Å². The molecule has 0 spiro atoms. The van der Waals surface area contributed by atoms with Crippen LogP contribution in [-0.2, 0) is 4.74 Å². The number of ether oxygens (including phenoxy) is 2.